The molecule has 3 aromatic rings. The molecule has 0 atom stereocenters. The van der Waals surface area contributed by atoms with E-state index in [0.29, 0.717) is 0 Å². The average Bonchev–Trinajstić information content (AvgIpc) is 2.73. The predicted octanol–water partition coefficient (Wildman–Crippen LogP) is 6.86. The molecule has 0 saturated carbocycles. The number of benzene rings is 2. The van der Waals surface area contributed by atoms with Gasteiger partial charge < -0.3 is 5.11 Å². The van der Waals surface area contributed by atoms with Gasteiger partial charge in [0.1, 0.15) is 0 Å². The highest BCUT2D eigenvalue weighted by Gasteiger charge is 2.18. The van der Waals surface area contributed by atoms with E-state index in [9.17, 15) is 5.11 Å². The van der Waals surface area contributed by atoms with E-state index in [1.54, 1.807) is 6.08 Å². The van der Waals surface area contributed by atoms with E-state index in [0.717, 1.165) is 41.8 Å². The summed E-state index contributed by atoms with van der Waals surface area (Å²) in [5.74, 6) is 0. The van der Waals surface area contributed by atoms with Gasteiger partial charge in [0.2, 0.25) is 0 Å². The van der Waals surface area contributed by atoms with Crippen LogP contribution in [0.5, 0.6) is 0 Å². The summed E-state index contributed by atoms with van der Waals surface area (Å²) in [4.78, 5) is 4.53. The second-order valence-electron chi connectivity index (χ2n) is 7.93. The fourth-order valence-corrected chi connectivity index (χ4v) is 3.70. The van der Waals surface area contributed by atoms with Crippen LogP contribution in [0.4, 0.5) is 0 Å². The van der Waals surface area contributed by atoms with Crippen LogP contribution >= 0.6 is 11.6 Å². The van der Waals surface area contributed by atoms with Gasteiger partial charge in [-0.3, -0.25) is 0 Å². The second kappa shape index (κ2) is 10.4. The summed E-state index contributed by atoms with van der Waals surface area (Å²) in [6, 6.07) is 22.6. The van der Waals surface area contributed by atoms with Gasteiger partial charge in [0, 0.05) is 5.54 Å². The summed E-state index contributed by atoms with van der Waals surface area (Å²) in [7, 11) is 0. The number of aliphatic hydroxyl groups is 1. The zero-order chi connectivity index (χ0) is 21.4. The predicted molar refractivity (Wildman–Crippen MR) is 128 cm³/mol. The van der Waals surface area contributed by atoms with Gasteiger partial charge in [-0.05, 0) is 79.6 Å². The molecule has 0 spiro atoms. The highest BCUT2D eigenvalue weighted by atomic mass is 35.5. The zero-order valence-corrected chi connectivity index (χ0v) is 18.3. The summed E-state index contributed by atoms with van der Waals surface area (Å²) in [6.07, 6.45) is 8.86. The van der Waals surface area contributed by atoms with Gasteiger partial charge in [-0.2, -0.15) is 0 Å². The van der Waals surface area contributed by atoms with Crippen LogP contribution < -0.4 is 0 Å². The molecule has 0 bridgehead atoms. The molecule has 154 valence electrons. The Kier molecular flexibility index (Phi) is 7.62. The van der Waals surface area contributed by atoms with Crippen molar-refractivity contribution in [1.82, 2.24) is 4.98 Å². The van der Waals surface area contributed by atoms with Gasteiger partial charge >= 0.3 is 0 Å². The van der Waals surface area contributed by atoms with Crippen molar-refractivity contribution in [2.24, 2.45) is 0 Å². The van der Waals surface area contributed by atoms with Crippen LogP contribution in [0.1, 0.15) is 53.9 Å². The van der Waals surface area contributed by atoms with Crippen molar-refractivity contribution >= 4 is 29.8 Å². The Morgan fingerprint density at radius 3 is 2.37 bits per heavy atom. The SMILES string of the molecule is CC(C)(O)c1ccccc1CCCc1cccc(/C=C/c2cccc(/C=C/Cl)n2)c1. The molecular formula is C27H28ClNO. The van der Waals surface area contributed by atoms with E-state index >= 15 is 0 Å². The van der Waals surface area contributed by atoms with Crippen molar-refractivity contribution < 1.29 is 5.11 Å². The third kappa shape index (κ3) is 6.41. The maximum atomic E-state index is 10.4. The van der Waals surface area contributed by atoms with Crippen LogP contribution in [0, 0.1) is 0 Å². The van der Waals surface area contributed by atoms with Crippen molar-refractivity contribution in [3.05, 3.63) is 106 Å². The number of pyridine rings is 1. The summed E-state index contributed by atoms with van der Waals surface area (Å²) >= 11 is 5.64. The van der Waals surface area contributed by atoms with Crippen LogP contribution in [-0.2, 0) is 18.4 Å². The minimum Gasteiger partial charge on any atom is -0.386 e. The minimum absolute atomic E-state index is 0.813. The molecule has 3 heteroatoms. The molecule has 0 amide bonds. The number of aromatic nitrogens is 1. The molecule has 0 saturated heterocycles. The van der Waals surface area contributed by atoms with E-state index in [2.05, 4.69) is 41.4 Å². The molecule has 0 aliphatic rings. The molecule has 1 aromatic heterocycles. The Balaban J connectivity index is 1.63. The van der Waals surface area contributed by atoms with Crippen LogP contribution in [0.25, 0.3) is 18.2 Å². The van der Waals surface area contributed by atoms with E-state index in [1.807, 2.05) is 56.3 Å². The van der Waals surface area contributed by atoms with Crippen molar-refractivity contribution in [1.29, 1.82) is 0 Å². The van der Waals surface area contributed by atoms with Gasteiger partial charge in [-0.15, -0.1) is 0 Å². The summed E-state index contributed by atoms with van der Waals surface area (Å²) in [6.45, 7) is 3.69. The number of nitrogens with zero attached hydrogens (tertiary/aromatic N) is 1. The number of halogens is 1. The van der Waals surface area contributed by atoms with E-state index in [4.69, 9.17) is 11.6 Å². The fraction of sp³-hybridized carbons (Fsp3) is 0.222. The maximum absolute atomic E-state index is 10.4. The van der Waals surface area contributed by atoms with Crippen LogP contribution in [-0.4, -0.2) is 10.1 Å². The van der Waals surface area contributed by atoms with Gasteiger partial charge in [-0.25, -0.2) is 4.98 Å². The number of hydrogen-bond donors (Lipinski definition) is 1. The van der Waals surface area contributed by atoms with Crippen LogP contribution in [0.3, 0.4) is 0 Å². The smallest absolute Gasteiger partial charge is 0.0843 e. The first-order valence-electron chi connectivity index (χ1n) is 10.3. The first-order chi connectivity index (χ1) is 14.5. The van der Waals surface area contributed by atoms with Crippen molar-refractivity contribution in [2.45, 2.75) is 38.7 Å². The van der Waals surface area contributed by atoms with Crippen molar-refractivity contribution in [3.8, 4) is 0 Å². The van der Waals surface area contributed by atoms with Crippen LogP contribution in [0.2, 0.25) is 0 Å². The lowest BCUT2D eigenvalue weighted by atomic mass is 9.90. The molecule has 0 fully saturated rings. The van der Waals surface area contributed by atoms with Gasteiger partial charge in [-0.1, -0.05) is 72.3 Å². The molecule has 30 heavy (non-hydrogen) atoms. The highest BCUT2D eigenvalue weighted by Crippen LogP contribution is 2.25. The standard InChI is InChI=1S/C27H28ClNO/c1-27(2,30)26-15-4-3-11-23(26)12-6-10-21-8-5-9-22(20-21)16-17-24-13-7-14-25(29-24)18-19-28/h3-5,7-9,11,13-20,30H,6,10,12H2,1-2H3/b17-16+,19-18+. The van der Waals surface area contributed by atoms with E-state index in [1.165, 1.54) is 16.7 Å². The maximum Gasteiger partial charge on any atom is 0.0843 e. The van der Waals surface area contributed by atoms with Gasteiger partial charge in [0.25, 0.3) is 0 Å². The third-order valence-corrected chi connectivity index (χ3v) is 5.14. The zero-order valence-electron chi connectivity index (χ0n) is 17.6. The molecular weight excluding hydrogens is 390 g/mol. The molecule has 2 nitrogen and oxygen atoms in total. The molecule has 3 rings (SSSR count). The number of aryl methyl sites for hydroxylation is 2. The van der Waals surface area contributed by atoms with Gasteiger partial charge in [0.05, 0.1) is 17.0 Å². The third-order valence-electron chi connectivity index (χ3n) is 5.01. The topological polar surface area (TPSA) is 33.1 Å². The highest BCUT2D eigenvalue weighted by molar-refractivity contribution is 6.27. The quantitative estimate of drug-likeness (QED) is 0.434. The van der Waals surface area contributed by atoms with Crippen molar-refractivity contribution in [3.63, 3.8) is 0 Å². The van der Waals surface area contributed by atoms with Crippen LogP contribution in [0.15, 0.2) is 72.3 Å². The number of rotatable bonds is 8. The first-order valence-corrected chi connectivity index (χ1v) is 10.7. The van der Waals surface area contributed by atoms with Crippen molar-refractivity contribution in [2.75, 3.05) is 0 Å². The van der Waals surface area contributed by atoms with Gasteiger partial charge in [0.15, 0.2) is 0 Å². The normalized spacial score (nSPS) is 12.1. The summed E-state index contributed by atoms with van der Waals surface area (Å²) in [5, 5.41) is 10.4. The minimum atomic E-state index is -0.813. The fourth-order valence-electron chi connectivity index (χ4n) is 3.57. The summed E-state index contributed by atoms with van der Waals surface area (Å²) in [5.41, 5.74) is 7.10. The summed E-state index contributed by atoms with van der Waals surface area (Å²) < 4.78 is 0. The molecule has 0 aliphatic carbocycles. The molecule has 0 radical (unpaired) electrons. The Labute approximate surface area is 184 Å². The Morgan fingerprint density at radius 2 is 1.60 bits per heavy atom. The lowest BCUT2D eigenvalue weighted by molar-refractivity contribution is 0.0776. The molecule has 1 N–H and O–H groups in total. The monoisotopic (exact) mass is 417 g/mol. The first kappa shape index (κ1) is 22.0. The second-order valence-corrected chi connectivity index (χ2v) is 8.18. The lowest BCUT2D eigenvalue weighted by Crippen LogP contribution is -2.18. The molecule has 0 unspecified atom stereocenters. The Hall–Kier alpha value is -2.68. The average molecular weight is 418 g/mol. The van der Waals surface area contributed by atoms with E-state index in [-0.39, 0.29) is 0 Å². The lowest BCUT2D eigenvalue weighted by Gasteiger charge is -2.21. The Bertz CT molecular complexity index is 1030. The molecule has 0 aliphatic heterocycles. The van der Waals surface area contributed by atoms with E-state index < -0.39 is 5.60 Å². The largest absolute Gasteiger partial charge is 0.386 e. The molecule has 1 heterocycles. The number of hydrogen-bond acceptors (Lipinski definition) is 2. The molecule has 2 aromatic carbocycles. The Morgan fingerprint density at radius 1 is 0.867 bits per heavy atom.